The third kappa shape index (κ3) is 4.01. The SMILES string of the molecule is C=CC(=O)c1ccccc1-c1ccc(C(=O)N(C)C)c(CC(=O)O)c1. The molecule has 0 spiro atoms. The van der Waals surface area contributed by atoms with Crippen molar-refractivity contribution in [2.75, 3.05) is 14.1 Å². The molecule has 5 heteroatoms. The molecule has 5 nitrogen and oxygen atoms in total. The van der Waals surface area contributed by atoms with Gasteiger partial charge in [0.05, 0.1) is 6.42 Å². The summed E-state index contributed by atoms with van der Waals surface area (Å²) in [7, 11) is 3.22. The second-order valence-electron chi connectivity index (χ2n) is 5.76. The molecule has 2 aromatic carbocycles. The van der Waals surface area contributed by atoms with Crippen LogP contribution in [-0.4, -0.2) is 41.8 Å². The zero-order valence-corrected chi connectivity index (χ0v) is 14.2. The Morgan fingerprint density at radius 1 is 1.08 bits per heavy atom. The fraction of sp³-hybridized carbons (Fsp3) is 0.150. The van der Waals surface area contributed by atoms with Crippen LogP contribution in [0.3, 0.4) is 0 Å². The van der Waals surface area contributed by atoms with Gasteiger partial charge in [-0.1, -0.05) is 36.9 Å². The monoisotopic (exact) mass is 337 g/mol. The fourth-order valence-electron chi connectivity index (χ4n) is 2.58. The van der Waals surface area contributed by atoms with E-state index in [0.717, 1.165) is 0 Å². The van der Waals surface area contributed by atoms with Crippen LogP contribution >= 0.6 is 0 Å². The summed E-state index contributed by atoms with van der Waals surface area (Å²) < 4.78 is 0. The Morgan fingerprint density at radius 3 is 2.36 bits per heavy atom. The van der Waals surface area contributed by atoms with Crippen molar-refractivity contribution in [3.05, 3.63) is 71.8 Å². The minimum atomic E-state index is -1.03. The van der Waals surface area contributed by atoms with E-state index >= 15 is 0 Å². The fourth-order valence-corrected chi connectivity index (χ4v) is 2.58. The number of ketones is 1. The van der Waals surface area contributed by atoms with Crippen LogP contribution in [0.5, 0.6) is 0 Å². The molecule has 2 rings (SSSR count). The lowest BCUT2D eigenvalue weighted by Crippen LogP contribution is -2.23. The number of aliphatic carboxylic acids is 1. The van der Waals surface area contributed by atoms with Crippen molar-refractivity contribution in [1.82, 2.24) is 4.90 Å². The van der Waals surface area contributed by atoms with Gasteiger partial charge < -0.3 is 10.0 Å². The standard InChI is InChI=1S/C20H19NO4/c1-4-18(22)17-8-6-5-7-15(17)13-9-10-16(20(25)21(2)3)14(11-13)12-19(23)24/h4-11H,1,12H2,2-3H3,(H,23,24). The van der Waals surface area contributed by atoms with Gasteiger partial charge in [0, 0.05) is 25.2 Å². The molecule has 0 aromatic heterocycles. The smallest absolute Gasteiger partial charge is 0.307 e. The zero-order valence-electron chi connectivity index (χ0n) is 14.2. The van der Waals surface area contributed by atoms with E-state index in [1.54, 1.807) is 56.6 Å². The van der Waals surface area contributed by atoms with Crippen LogP contribution in [0.15, 0.2) is 55.1 Å². The summed E-state index contributed by atoms with van der Waals surface area (Å²) in [5, 5.41) is 9.16. The molecule has 2 aromatic rings. The number of rotatable bonds is 6. The highest BCUT2D eigenvalue weighted by Gasteiger charge is 2.18. The van der Waals surface area contributed by atoms with Crippen molar-refractivity contribution in [1.29, 1.82) is 0 Å². The molecule has 0 aliphatic carbocycles. The summed E-state index contributed by atoms with van der Waals surface area (Å²) in [6.45, 7) is 3.51. The Morgan fingerprint density at radius 2 is 1.76 bits per heavy atom. The van der Waals surface area contributed by atoms with Crippen molar-refractivity contribution in [2.24, 2.45) is 0 Å². The van der Waals surface area contributed by atoms with Gasteiger partial charge in [-0.05, 0) is 34.9 Å². The van der Waals surface area contributed by atoms with Crippen molar-refractivity contribution in [2.45, 2.75) is 6.42 Å². The molecule has 25 heavy (non-hydrogen) atoms. The Bertz CT molecular complexity index is 853. The molecule has 0 saturated heterocycles. The number of allylic oxidation sites excluding steroid dienone is 1. The van der Waals surface area contributed by atoms with Gasteiger partial charge in [-0.25, -0.2) is 0 Å². The van der Waals surface area contributed by atoms with Gasteiger partial charge in [0.15, 0.2) is 5.78 Å². The maximum Gasteiger partial charge on any atom is 0.307 e. The molecule has 0 heterocycles. The van der Waals surface area contributed by atoms with Gasteiger partial charge >= 0.3 is 5.97 Å². The lowest BCUT2D eigenvalue weighted by Gasteiger charge is -2.15. The molecule has 0 atom stereocenters. The van der Waals surface area contributed by atoms with Crippen LogP contribution in [-0.2, 0) is 11.2 Å². The summed E-state index contributed by atoms with van der Waals surface area (Å²) in [6, 6.07) is 12.0. The van der Waals surface area contributed by atoms with E-state index in [2.05, 4.69) is 6.58 Å². The number of hydrogen-bond acceptors (Lipinski definition) is 3. The quantitative estimate of drug-likeness (QED) is 0.649. The molecule has 128 valence electrons. The topological polar surface area (TPSA) is 74.7 Å². The Balaban J connectivity index is 2.62. The molecule has 0 aliphatic heterocycles. The van der Waals surface area contributed by atoms with E-state index in [9.17, 15) is 14.4 Å². The lowest BCUT2D eigenvalue weighted by molar-refractivity contribution is -0.136. The molecule has 0 fully saturated rings. The number of nitrogens with zero attached hydrogens (tertiary/aromatic N) is 1. The molecular weight excluding hydrogens is 318 g/mol. The highest BCUT2D eigenvalue weighted by molar-refractivity contribution is 6.09. The summed E-state index contributed by atoms with van der Waals surface area (Å²) in [5.41, 5.74) is 2.57. The first-order valence-corrected chi connectivity index (χ1v) is 7.67. The number of carbonyl (C=O) groups is 3. The van der Waals surface area contributed by atoms with E-state index in [-0.39, 0.29) is 18.1 Å². The molecule has 0 unspecified atom stereocenters. The first-order valence-electron chi connectivity index (χ1n) is 7.67. The Hall–Kier alpha value is -3.21. The van der Waals surface area contributed by atoms with Gasteiger partial charge in [-0.15, -0.1) is 0 Å². The van der Waals surface area contributed by atoms with Crippen LogP contribution < -0.4 is 0 Å². The number of carbonyl (C=O) groups excluding carboxylic acids is 2. The van der Waals surface area contributed by atoms with E-state index in [0.29, 0.717) is 27.8 Å². The van der Waals surface area contributed by atoms with Crippen molar-refractivity contribution in [3.63, 3.8) is 0 Å². The average Bonchev–Trinajstić information content (AvgIpc) is 2.59. The number of hydrogen-bond donors (Lipinski definition) is 1. The second kappa shape index (κ2) is 7.57. The molecule has 0 radical (unpaired) electrons. The molecule has 1 amide bonds. The first-order chi connectivity index (χ1) is 11.8. The van der Waals surface area contributed by atoms with Crippen molar-refractivity contribution < 1.29 is 19.5 Å². The molecule has 0 bridgehead atoms. The van der Waals surface area contributed by atoms with Gasteiger partial charge in [0.25, 0.3) is 5.91 Å². The maximum absolute atomic E-state index is 12.3. The molecular formula is C20H19NO4. The molecule has 0 saturated carbocycles. The number of amides is 1. The second-order valence-corrected chi connectivity index (χ2v) is 5.76. The van der Waals surface area contributed by atoms with E-state index in [4.69, 9.17) is 5.11 Å². The summed E-state index contributed by atoms with van der Waals surface area (Å²) in [5.74, 6) is -1.51. The van der Waals surface area contributed by atoms with Crippen LogP contribution in [0, 0.1) is 0 Å². The first kappa shape index (κ1) is 18.1. The van der Waals surface area contributed by atoms with Gasteiger partial charge in [0.1, 0.15) is 0 Å². The zero-order chi connectivity index (χ0) is 18.6. The predicted molar refractivity (Wildman–Crippen MR) is 95.8 cm³/mol. The third-order valence-corrected chi connectivity index (χ3v) is 3.77. The summed E-state index contributed by atoms with van der Waals surface area (Å²) in [6.07, 6.45) is 0.960. The molecule has 0 aliphatic rings. The van der Waals surface area contributed by atoms with Gasteiger partial charge in [-0.3, -0.25) is 14.4 Å². The summed E-state index contributed by atoms with van der Waals surface area (Å²) >= 11 is 0. The van der Waals surface area contributed by atoms with Crippen molar-refractivity contribution >= 4 is 17.7 Å². The third-order valence-electron chi connectivity index (χ3n) is 3.77. The van der Waals surface area contributed by atoms with Gasteiger partial charge in [-0.2, -0.15) is 0 Å². The van der Waals surface area contributed by atoms with E-state index in [1.807, 2.05) is 0 Å². The van der Waals surface area contributed by atoms with E-state index < -0.39 is 5.97 Å². The minimum absolute atomic E-state index is 0.219. The number of carboxylic acids is 1. The highest BCUT2D eigenvalue weighted by atomic mass is 16.4. The highest BCUT2D eigenvalue weighted by Crippen LogP contribution is 2.27. The number of benzene rings is 2. The van der Waals surface area contributed by atoms with Crippen LogP contribution in [0.1, 0.15) is 26.3 Å². The summed E-state index contributed by atoms with van der Waals surface area (Å²) in [4.78, 5) is 36.9. The lowest BCUT2D eigenvalue weighted by atomic mass is 9.93. The Kier molecular flexibility index (Phi) is 5.49. The van der Waals surface area contributed by atoms with Crippen molar-refractivity contribution in [3.8, 4) is 11.1 Å². The van der Waals surface area contributed by atoms with Crippen LogP contribution in [0.25, 0.3) is 11.1 Å². The number of carboxylic acid groups (broad SMARTS) is 1. The molecule has 1 N–H and O–H groups in total. The Labute approximate surface area is 146 Å². The average molecular weight is 337 g/mol. The maximum atomic E-state index is 12.3. The normalized spacial score (nSPS) is 10.2. The van der Waals surface area contributed by atoms with Gasteiger partial charge in [0.2, 0.25) is 0 Å². The van der Waals surface area contributed by atoms with Crippen LogP contribution in [0.2, 0.25) is 0 Å². The van der Waals surface area contributed by atoms with Crippen LogP contribution in [0.4, 0.5) is 0 Å². The largest absolute Gasteiger partial charge is 0.481 e. The minimum Gasteiger partial charge on any atom is -0.481 e. The van der Waals surface area contributed by atoms with E-state index in [1.165, 1.54) is 11.0 Å². The predicted octanol–water partition coefficient (Wildman–Crippen LogP) is 3.05.